The van der Waals surface area contributed by atoms with Gasteiger partial charge in [0.1, 0.15) is 11.5 Å². The lowest BCUT2D eigenvalue weighted by molar-refractivity contribution is -0.384. The van der Waals surface area contributed by atoms with Crippen LogP contribution in [0.1, 0.15) is 0 Å². The predicted molar refractivity (Wildman–Crippen MR) is 107 cm³/mol. The summed E-state index contributed by atoms with van der Waals surface area (Å²) in [5.41, 5.74) is 0.903. The number of azo groups is 1. The molecule has 0 aliphatic rings. The number of aromatic hydroxyl groups is 1. The summed E-state index contributed by atoms with van der Waals surface area (Å²) in [5.74, 6) is 0.828. The van der Waals surface area contributed by atoms with Crippen LogP contribution in [0.15, 0.2) is 46.6 Å². The van der Waals surface area contributed by atoms with Crippen molar-refractivity contribution in [1.82, 2.24) is 4.98 Å². The van der Waals surface area contributed by atoms with Gasteiger partial charge in [0.15, 0.2) is 5.69 Å². The van der Waals surface area contributed by atoms with Crippen LogP contribution in [0.2, 0.25) is 0 Å². The zero-order chi connectivity index (χ0) is 20.3. The molecule has 0 saturated carbocycles. The van der Waals surface area contributed by atoms with Gasteiger partial charge in [0.2, 0.25) is 11.0 Å². The molecule has 3 aromatic rings. The Bertz CT molecular complexity index is 1090. The van der Waals surface area contributed by atoms with Crippen LogP contribution < -0.4 is 14.8 Å². The maximum Gasteiger partial charge on any atom is 0.270 e. The zero-order valence-corrected chi connectivity index (χ0v) is 15.6. The SMILES string of the molecule is COc1ccc(OC)c(NC(=S)N=Nc2c(O)[nH]c3ccc([N+](=O)[O-])cc23)c1. The van der Waals surface area contributed by atoms with E-state index in [2.05, 4.69) is 20.5 Å². The van der Waals surface area contributed by atoms with E-state index in [1.165, 1.54) is 32.4 Å². The second kappa shape index (κ2) is 7.88. The molecule has 10 nitrogen and oxygen atoms in total. The number of nitrogens with one attached hydrogen (secondary N) is 2. The van der Waals surface area contributed by atoms with Gasteiger partial charge in [-0.1, -0.05) is 0 Å². The highest BCUT2D eigenvalue weighted by Gasteiger charge is 2.15. The minimum Gasteiger partial charge on any atom is -0.497 e. The topological polar surface area (TPSA) is 134 Å². The Morgan fingerprint density at radius 2 is 2.04 bits per heavy atom. The molecule has 0 atom stereocenters. The molecular weight excluding hydrogens is 386 g/mol. The zero-order valence-electron chi connectivity index (χ0n) is 14.8. The van der Waals surface area contributed by atoms with Gasteiger partial charge in [0.05, 0.1) is 30.3 Å². The van der Waals surface area contributed by atoms with Crippen molar-refractivity contribution in [3.8, 4) is 17.4 Å². The third kappa shape index (κ3) is 3.83. The van der Waals surface area contributed by atoms with Crippen LogP contribution in [0.5, 0.6) is 17.4 Å². The number of rotatable bonds is 5. The molecule has 28 heavy (non-hydrogen) atoms. The summed E-state index contributed by atoms with van der Waals surface area (Å²) >= 11 is 5.16. The molecule has 0 spiro atoms. The summed E-state index contributed by atoms with van der Waals surface area (Å²) in [6.07, 6.45) is 0. The number of nitro groups is 1. The number of aromatic nitrogens is 1. The van der Waals surface area contributed by atoms with Gasteiger partial charge in [0, 0.05) is 23.6 Å². The molecule has 2 aromatic carbocycles. The van der Waals surface area contributed by atoms with Crippen molar-refractivity contribution in [3.63, 3.8) is 0 Å². The number of non-ortho nitro benzene ring substituents is 1. The largest absolute Gasteiger partial charge is 0.497 e. The van der Waals surface area contributed by atoms with E-state index < -0.39 is 4.92 Å². The highest BCUT2D eigenvalue weighted by molar-refractivity contribution is 7.80. The molecule has 3 N–H and O–H groups in total. The number of nitrogens with zero attached hydrogens (tertiary/aromatic N) is 3. The summed E-state index contributed by atoms with van der Waals surface area (Å²) in [5, 5.41) is 32.0. The Kier molecular flexibility index (Phi) is 5.36. The van der Waals surface area contributed by atoms with E-state index in [0.717, 1.165) is 0 Å². The van der Waals surface area contributed by atoms with Crippen molar-refractivity contribution in [1.29, 1.82) is 0 Å². The van der Waals surface area contributed by atoms with Crippen LogP contribution >= 0.6 is 12.2 Å². The molecule has 3 rings (SSSR count). The molecule has 0 aliphatic carbocycles. The van der Waals surface area contributed by atoms with Crippen molar-refractivity contribution in [2.24, 2.45) is 10.2 Å². The summed E-state index contributed by atoms with van der Waals surface area (Å²) in [6.45, 7) is 0. The highest BCUT2D eigenvalue weighted by Crippen LogP contribution is 2.37. The van der Waals surface area contributed by atoms with E-state index >= 15 is 0 Å². The number of benzene rings is 2. The van der Waals surface area contributed by atoms with Crippen LogP contribution in [0.4, 0.5) is 17.1 Å². The van der Waals surface area contributed by atoms with E-state index in [1.807, 2.05) is 0 Å². The van der Waals surface area contributed by atoms with Gasteiger partial charge < -0.3 is 24.9 Å². The lowest BCUT2D eigenvalue weighted by Crippen LogP contribution is -2.06. The Labute approximate surface area is 164 Å². The first-order valence-corrected chi connectivity index (χ1v) is 8.27. The number of aromatic amines is 1. The molecular formula is C17H15N5O5S. The molecule has 1 heterocycles. The predicted octanol–water partition coefficient (Wildman–Crippen LogP) is 4.28. The lowest BCUT2D eigenvalue weighted by atomic mass is 10.2. The molecule has 144 valence electrons. The molecule has 0 unspecified atom stereocenters. The minimum absolute atomic E-state index is 0.00858. The number of H-pyrrole nitrogens is 1. The number of fused-ring (bicyclic) bond motifs is 1. The number of ether oxygens (including phenoxy) is 2. The Morgan fingerprint density at radius 1 is 1.25 bits per heavy atom. The number of thiocarbonyl (C=S) groups is 1. The second-order valence-corrected chi connectivity index (χ2v) is 5.89. The summed E-state index contributed by atoms with van der Waals surface area (Å²) < 4.78 is 10.4. The third-order valence-corrected chi connectivity index (χ3v) is 4.02. The standard InChI is InChI=1S/C17H15N5O5S/c1-26-10-4-6-14(27-2)13(8-10)19-17(28)21-20-15-11-7-9(22(24)25)3-5-12(11)18-16(15)23/h3-8,18,23H,1-2H3,(H,19,28). The van der Waals surface area contributed by atoms with Crippen LogP contribution in [0, 0.1) is 10.1 Å². The first kappa shape index (κ1) is 19.0. The van der Waals surface area contributed by atoms with E-state index in [-0.39, 0.29) is 22.4 Å². The monoisotopic (exact) mass is 401 g/mol. The van der Waals surface area contributed by atoms with Crippen LogP contribution in [-0.2, 0) is 0 Å². The molecule has 0 aliphatic heterocycles. The van der Waals surface area contributed by atoms with Gasteiger partial charge >= 0.3 is 0 Å². The molecule has 0 radical (unpaired) electrons. The highest BCUT2D eigenvalue weighted by atomic mass is 32.1. The first-order valence-electron chi connectivity index (χ1n) is 7.86. The molecule has 1 aromatic heterocycles. The number of anilines is 1. The van der Waals surface area contributed by atoms with E-state index in [4.69, 9.17) is 21.7 Å². The molecule has 11 heteroatoms. The molecule has 0 amide bonds. The molecule has 0 saturated heterocycles. The van der Waals surface area contributed by atoms with Crippen LogP contribution in [0.25, 0.3) is 10.9 Å². The Hall–Kier alpha value is -3.73. The Morgan fingerprint density at radius 3 is 2.71 bits per heavy atom. The van der Waals surface area contributed by atoms with E-state index in [1.54, 1.807) is 18.2 Å². The van der Waals surface area contributed by atoms with Crippen molar-refractivity contribution >= 4 is 45.3 Å². The van der Waals surface area contributed by atoms with Crippen molar-refractivity contribution < 1.29 is 19.5 Å². The van der Waals surface area contributed by atoms with Crippen molar-refractivity contribution in [3.05, 3.63) is 46.5 Å². The van der Waals surface area contributed by atoms with Crippen LogP contribution in [-0.4, -0.2) is 34.3 Å². The number of hydrogen-bond acceptors (Lipinski definition) is 7. The van der Waals surface area contributed by atoms with Gasteiger partial charge in [-0.3, -0.25) is 10.1 Å². The normalized spacial score (nSPS) is 10.9. The van der Waals surface area contributed by atoms with Gasteiger partial charge in [-0.15, -0.1) is 10.2 Å². The fourth-order valence-electron chi connectivity index (χ4n) is 2.51. The number of nitro benzene ring substituents is 1. The summed E-state index contributed by atoms with van der Waals surface area (Å²) in [6, 6.07) is 9.19. The second-order valence-electron chi connectivity index (χ2n) is 5.51. The maximum absolute atomic E-state index is 11.0. The first-order chi connectivity index (χ1) is 13.4. The number of hydrogen-bond donors (Lipinski definition) is 3. The summed E-state index contributed by atoms with van der Waals surface area (Å²) in [4.78, 5) is 13.1. The lowest BCUT2D eigenvalue weighted by Gasteiger charge is -2.10. The number of methoxy groups -OCH3 is 2. The fourth-order valence-corrected chi connectivity index (χ4v) is 2.66. The third-order valence-electron chi connectivity index (χ3n) is 3.84. The quantitative estimate of drug-likeness (QED) is 0.251. The molecule has 0 fully saturated rings. The van der Waals surface area contributed by atoms with Gasteiger partial charge in [-0.25, -0.2) is 0 Å². The molecule has 0 bridgehead atoms. The van der Waals surface area contributed by atoms with Crippen LogP contribution in [0.3, 0.4) is 0 Å². The average Bonchev–Trinajstić information content (AvgIpc) is 3.00. The van der Waals surface area contributed by atoms with Gasteiger partial charge in [-0.2, -0.15) is 0 Å². The van der Waals surface area contributed by atoms with Gasteiger partial charge in [0.25, 0.3) is 5.69 Å². The van der Waals surface area contributed by atoms with E-state index in [9.17, 15) is 15.2 Å². The average molecular weight is 401 g/mol. The smallest absolute Gasteiger partial charge is 0.270 e. The fraction of sp³-hybridized carbons (Fsp3) is 0.118. The van der Waals surface area contributed by atoms with E-state index in [0.29, 0.717) is 28.1 Å². The minimum atomic E-state index is -0.536. The maximum atomic E-state index is 11.0. The summed E-state index contributed by atoms with van der Waals surface area (Å²) in [7, 11) is 3.04. The van der Waals surface area contributed by atoms with Crippen molar-refractivity contribution in [2.45, 2.75) is 0 Å². The Balaban J connectivity index is 1.88. The van der Waals surface area contributed by atoms with Gasteiger partial charge in [-0.05, 0) is 30.4 Å². The van der Waals surface area contributed by atoms with Crippen molar-refractivity contribution in [2.75, 3.05) is 19.5 Å².